The summed E-state index contributed by atoms with van der Waals surface area (Å²) in [5, 5.41) is 0.979. The molecular formula is C25H23Cl2N3O4. The van der Waals surface area contributed by atoms with E-state index in [1.54, 1.807) is 72.7 Å². The fraction of sp³-hybridized carbons (Fsp3) is 0.200. The highest BCUT2D eigenvalue weighted by Gasteiger charge is 2.35. The minimum Gasteiger partial charge on any atom is -0.497 e. The van der Waals surface area contributed by atoms with Gasteiger partial charge in [0.15, 0.2) is 0 Å². The first kappa shape index (κ1) is 23.7. The Balaban J connectivity index is 1.26. The summed E-state index contributed by atoms with van der Waals surface area (Å²) in [6.07, 6.45) is 0.154. The summed E-state index contributed by atoms with van der Waals surface area (Å²) in [5.74, 6) is 0.591. The summed E-state index contributed by atoms with van der Waals surface area (Å²) in [6, 6.07) is 19.7. The SMILES string of the molecule is COc1ccc(N2C[C@H](C(=O)NNc3ccc(OCc4ccc(Cl)c(Cl)c4)cc3)CC2=O)cc1. The van der Waals surface area contributed by atoms with Gasteiger partial charge in [-0.3, -0.25) is 20.4 Å². The molecule has 4 rings (SSSR count). The first-order chi connectivity index (χ1) is 16.4. The molecule has 2 N–H and O–H groups in total. The van der Waals surface area contributed by atoms with Crippen LogP contribution < -0.4 is 25.2 Å². The molecule has 0 aromatic heterocycles. The van der Waals surface area contributed by atoms with E-state index in [0.29, 0.717) is 40.4 Å². The van der Waals surface area contributed by atoms with Crippen molar-refractivity contribution >= 4 is 46.4 Å². The number of hydrazine groups is 1. The van der Waals surface area contributed by atoms with Gasteiger partial charge in [0.05, 0.1) is 28.8 Å². The molecule has 3 aromatic carbocycles. The second kappa shape index (κ2) is 10.7. The van der Waals surface area contributed by atoms with Gasteiger partial charge in [0, 0.05) is 18.7 Å². The van der Waals surface area contributed by atoms with Gasteiger partial charge in [0.1, 0.15) is 18.1 Å². The van der Waals surface area contributed by atoms with E-state index >= 15 is 0 Å². The van der Waals surface area contributed by atoms with Crippen molar-refractivity contribution in [1.29, 1.82) is 0 Å². The Labute approximate surface area is 207 Å². The van der Waals surface area contributed by atoms with Gasteiger partial charge in [-0.05, 0) is 66.2 Å². The number of halogens is 2. The van der Waals surface area contributed by atoms with E-state index < -0.39 is 5.92 Å². The molecule has 1 fully saturated rings. The number of methoxy groups -OCH3 is 1. The van der Waals surface area contributed by atoms with Crippen molar-refractivity contribution in [2.45, 2.75) is 13.0 Å². The van der Waals surface area contributed by atoms with Crippen molar-refractivity contribution in [3.63, 3.8) is 0 Å². The molecule has 1 atom stereocenters. The molecule has 9 heteroatoms. The predicted octanol–water partition coefficient (Wildman–Crippen LogP) is 5.08. The Hall–Kier alpha value is -3.42. The smallest absolute Gasteiger partial charge is 0.243 e. The molecule has 34 heavy (non-hydrogen) atoms. The van der Waals surface area contributed by atoms with Crippen molar-refractivity contribution in [1.82, 2.24) is 5.43 Å². The van der Waals surface area contributed by atoms with Crippen molar-refractivity contribution in [3.05, 3.63) is 82.3 Å². The van der Waals surface area contributed by atoms with Gasteiger partial charge in [-0.25, -0.2) is 0 Å². The molecular weight excluding hydrogens is 477 g/mol. The largest absolute Gasteiger partial charge is 0.497 e. The maximum Gasteiger partial charge on any atom is 0.243 e. The Kier molecular flexibility index (Phi) is 7.45. The number of anilines is 2. The normalized spacial score (nSPS) is 15.2. The predicted molar refractivity (Wildman–Crippen MR) is 132 cm³/mol. The highest BCUT2D eigenvalue weighted by molar-refractivity contribution is 6.42. The van der Waals surface area contributed by atoms with E-state index in [9.17, 15) is 9.59 Å². The van der Waals surface area contributed by atoms with Gasteiger partial charge in [-0.15, -0.1) is 0 Å². The van der Waals surface area contributed by atoms with Crippen molar-refractivity contribution in [3.8, 4) is 11.5 Å². The summed E-state index contributed by atoms with van der Waals surface area (Å²) >= 11 is 12.0. The Morgan fingerprint density at radius 1 is 1.00 bits per heavy atom. The van der Waals surface area contributed by atoms with Gasteiger partial charge < -0.3 is 14.4 Å². The number of rotatable bonds is 8. The molecule has 3 aromatic rings. The van der Waals surface area contributed by atoms with E-state index in [2.05, 4.69) is 10.9 Å². The van der Waals surface area contributed by atoms with Crippen LogP contribution in [0.1, 0.15) is 12.0 Å². The van der Waals surface area contributed by atoms with Crippen LogP contribution in [-0.4, -0.2) is 25.5 Å². The lowest BCUT2D eigenvalue weighted by atomic mass is 10.1. The highest BCUT2D eigenvalue weighted by Crippen LogP contribution is 2.27. The summed E-state index contributed by atoms with van der Waals surface area (Å²) in [6.45, 7) is 0.668. The molecule has 0 unspecified atom stereocenters. The van der Waals surface area contributed by atoms with Crippen molar-refractivity contribution < 1.29 is 19.1 Å². The zero-order valence-electron chi connectivity index (χ0n) is 18.4. The third kappa shape index (κ3) is 5.73. The summed E-state index contributed by atoms with van der Waals surface area (Å²) in [4.78, 5) is 26.6. The third-order valence-electron chi connectivity index (χ3n) is 5.45. The van der Waals surface area contributed by atoms with Crippen LogP contribution in [0.15, 0.2) is 66.7 Å². The molecule has 2 amide bonds. The molecule has 1 aliphatic rings. The fourth-order valence-electron chi connectivity index (χ4n) is 3.56. The van der Waals surface area contributed by atoms with Crippen LogP contribution in [0.4, 0.5) is 11.4 Å². The Morgan fingerprint density at radius 3 is 2.38 bits per heavy atom. The quantitative estimate of drug-likeness (QED) is 0.422. The molecule has 1 aliphatic heterocycles. The lowest BCUT2D eigenvalue weighted by Gasteiger charge is -2.17. The molecule has 0 aliphatic carbocycles. The van der Waals surface area contributed by atoms with Gasteiger partial charge in [0.2, 0.25) is 11.8 Å². The first-order valence-corrected chi connectivity index (χ1v) is 11.4. The summed E-state index contributed by atoms with van der Waals surface area (Å²) in [7, 11) is 1.59. The molecule has 7 nitrogen and oxygen atoms in total. The maximum absolute atomic E-state index is 12.6. The van der Waals surface area contributed by atoms with E-state index in [4.69, 9.17) is 32.7 Å². The Morgan fingerprint density at radius 2 is 1.71 bits per heavy atom. The van der Waals surface area contributed by atoms with Gasteiger partial charge in [-0.2, -0.15) is 0 Å². The first-order valence-electron chi connectivity index (χ1n) is 10.6. The number of ether oxygens (including phenoxy) is 2. The van der Waals surface area contributed by atoms with Crippen molar-refractivity contribution in [2.75, 3.05) is 24.0 Å². The van der Waals surface area contributed by atoms with Crippen LogP contribution in [0, 0.1) is 5.92 Å². The molecule has 0 saturated carbocycles. The average molecular weight is 500 g/mol. The van der Waals surface area contributed by atoms with Crippen LogP contribution in [-0.2, 0) is 16.2 Å². The number of nitrogens with one attached hydrogen (secondary N) is 2. The number of amides is 2. The lowest BCUT2D eigenvalue weighted by Crippen LogP contribution is -2.36. The van der Waals surface area contributed by atoms with Crippen LogP contribution in [0.25, 0.3) is 0 Å². The molecule has 1 heterocycles. The van der Waals surface area contributed by atoms with E-state index in [-0.39, 0.29) is 18.2 Å². The number of benzene rings is 3. The Bertz CT molecular complexity index is 1170. The van der Waals surface area contributed by atoms with E-state index in [1.807, 2.05) is 6.07 Å². The topological polar surface area (TPSA) is 79.9 Å². The number of carbonyl (C=O) groups excluding carboxylic acids is 2. The molecule has 1 saturated heterocycles. The van der Waals surface area contributed by atoms with Gasteiger partial charge in [0.25, 0.3) is 0 Å². The number of hydrogen-bond acceptors (Lipinski definition) is 5. The molecule has 0 bridgehead atoms. The molecule has 0 radical (unpaired) electrons. The maximum atomic E-state index is 12.6. The zero-order valence-corrected chi connectivity index (χ0v) is 19.9. The molecule has 0 spiro atoms. The number of carbonyl (C=O) groups is 2. The van der Waals surface area contributed by atoms with Gasteiger partial charge in [-0.1, -0.05) is 29.3 Å². The minimum atomic E-state index is -0.448. The zero-order chi connectivity index (χ0) is 24.1. The van der Waals surface area contributed by atoms with Crippen LogP contribution in [0.5, 0.6) is 11.5 Å². The molecule has 176 valence electrons. The van der Waals surface area contributed by atoms with Gasteiger partial charge >= 0.3 is 0 Å². The second-order valence-electron chi connectivity index (χ2n) is 7.78. The number of hydrogen-bond donors (Lipinski definition) is 2. The fourth-order valence-corrected chi connectivity index (χ4v) is 3.88. The lowest BCUT2D eigenvalue weighted by molar-refractivity contribution is -0.125. The van der Waals surface area contributed by atoms with E-state index in [1.165, 1.54) is 0 Å². The van der Waals surface area contributed by atoms with Crippen LogP contribution in [0.3, 0.4) is 0 Å². The van der Waals surface area contributed by atoms with Crippen molar-refractivity contribution in [2.24, 2.45) is 5.92 Å². The third-order valence-corrected chi connectivity index (χ3v) is 6.19. The van der Waals surface area contributed by atoms with Crippen LogP contribution in [0.2, 0.25) is 10.0 Å². The monoisotopic (exact) mass is 499 g/mol. The summed E-state index contributed by atoms with van der Waals surface area (Å²) in [5.41, 5.74) is 7.90. The summed E-state index contributed by atoms with van der Waals surface area (Å²) < 4.78 is 10.9. The highest BCUT2D eigenvalue weighted by atomic mass is 35.5. The second-order valence-corrected chi connectivity index (χ2v) is 8.59. The standard InChI is InChI=1S/C25H23Cl2N3O4/c1-33-20-9-5-19(6-10-20)30-14-17(13-24(30)31)25(32)29-28-18-3-7-21(8-4-18)34-15-16-2-11-22(26)23(27)12-16/h2-12,17,28H,13-15H2,1H3,(H,29,32)/t17-/m1/s1. The van der Waals surface area contributed by atoms with Crippen LogP contribution >= 0.6 is 23.2 Å². The van der Waals surface area contributed by atoms with E-state index in [0.717, 1.165) is 11.3 Å². The number of nitrogens with zero attached hydrogens (tertiary/aromatic N) is 1. The average Bonchev–Trinajstić information content (AvgIpc) is 3.25. The minimum absolute atomic E-state index is 0.0891.